The number of hydrogen-bond acceptors (Lipinski definition) is 7. The summed E-state index contributed by atoms with van der Waals surface area (Å²) in [7, 11) is 1.53. The van der Waals surface area contributed by atoms with E-state index in [9.17, 15) is 14.7 Å². The van der Waals surface area contributed by atoms with Gasteiger partial charge < -0.3 is 29.0 Å². The Morgan fingerprint density at radius 3 is 2.54 bits per heavy atom. The largest absolute Gasteiger partial charge is 0.507 e. The molecule has 1 saturated heterocycles. The molecule has 8 heteroatoms. The maximum atomic E-state index is 13.2. The molecule has 37 heavy (non-hydrogen) atoms. The molecule has 5 rings (SSSR count). The first-order valence-corrected chi connectivity index (χ1v) is 12.0. The standard InChI is InChI=1S/C29H27NO7/c1-34-13-12-30-26(20-8-5-9-22(16-20)37-18-19-6-3-2-4-7-19)25(28(32)29(30)33)27(31)21-10-11-23-24(17-21)36-15-14-35-23/h2-11,16-17,26,31H,12-15,18H2,1H3/b27-25-. The minimum Gasteiger partial charge on any atom is -0.507 e. The number of ether oxygens (including phenoxy) is 4. The molecule has 0 saturated carbocycles. The van der Waals surface area contributed by atoms with Crippen molar-refractivity contribution in [3.05, 3.63) is 95.1 Å². The third-order valence-corrected chi connectivity index (χ3v) is 6.31. The highest BCUT2D eigenvalue weighted by Gasteiger charge is 2.46. The Morgan fingerprint density at radius 2 is 1.76 bits per heavy atom. The second kappa shape index (κ2) is 10.8. The molecule has 1 N–H and O–H groups in total. The van der Waals surface area contributed by atoms with Crippen molar-refractivity contribution in [3.63, 3.8) is 0 Å². The van der Waals surface area contributed by atoms with Gasteiger partial charge in [-0.2, -0.15) is 0 Å². The molecule has 2 aliphatic heterocycles. The average Bonchev–Trinajstić information content (AvgIpc) is 3.20. The minimum absolute atomic E-state index is 0.00186. The number of benzene rings is 3. The second-order valence-electron chi connectivity index (χ2n) is 8.69. The van der Waals surface area contributed by atoms with Crippen molar-refractivity contribution < 1.29 is 33.6 Å². The molecule has 1 amide bonds. The topological polar surface area (TPSA) is 94.5 Å². The zero-order valence-electron chi connectivity index (χ0n) is 20.4. The van der Waals surface area contributed by atoms with Gasteiger partial charge >= 0.3 is 0 Å². The molecule has 3 aromatic carbocycles. The molecule has 0 aliphatic carbocycles. The van der Waals surface area contributed by atoms with E-state index in [1.54, 1.807) is 30.3 Å². The molecule has 0 aromatic heterocycles. The number of aliphatic hydroxyl groups is 1. The van der Waals surface area contributed by atoms with Gasteiger partial charge in [0, 0.05) is 19.2 Å². The lowest BCUT2D eigenvalue weighted by atomic mass is 9.95. The molecular formula is C29H27NO7. The Kier molecular flexibility index (Phi) is 7.09. The molecule has 0 spiro atoms. The average molecular weight is 502 g/mol. The molecule has 2 heterocycles. The number of carbonyl (C=O) groups is 2. The first-order valence-electron chi connectivity index (χ1n) is 12.0. The van der Waals surface area contributed by atoms with Gasteiger partial charge in [0.15, 0.2) is 11.5 Å². The summed E-state index contributed by atoms with van der Waals surface area (Å²) in [5.74, 6) is -0.130. The van der Waals surface area contributed by atoms with E-state index < -0.39 is 17.7 Å². The highest BCUT2D eigenvalue weighted by Crippen LogP contribution is 2.41. The van der Waals surface area contributed by atoms with Gasteiger partial charge in [-0.15, -0.1) is 0 Å². The molecule has 1 atom stereocenters. The normalized spacial score (nSPS) is 18.2. The van der Waals surface area contributed by atoms with Crippen LogP contribution >= 0.6 is 0 Å². The molecule has 2 aliphatic rings. The molecular weight excluding hydrogens is 474 g/mol. The number of methoxy groups -OCH3 is 1. The van der Waals surface area contributed by atoms with Gasteiger partial charge in [-0.05, 0) is 41.5 Å². The lowest BCUT2D eigenvalue weighted by molar-refractivity contribution is -0.140. The van der Waals surface area contributed by atoms with Crippen LogP contribution in [0.5, 0.6) is 17.2 Å². The van der Waals surface area contributed by atoms with Crippen LogP contribution in [0.4, 0.5) is 0 Å². The van der Waals surface area contributed by atoms with Crippen molar-refractivity contribution in [2.75, 3.05) is 33.5 Å². The fourth-order valence-corrected chi connectivity index (χ4v) is 4.51. The van der Waals surface area contributed by atoms with E-state index in [1.165, 1.54) is 12.0 Å². The number of fused-ring (bicyclic) bond motifs is 1. The van der Waals surface area contributed by atoms with E-state index in [2.05, 4.69) is 0 Å². The number of carbonyl (C=O) groups excluding carboxylic acids is 2. The Bertz CT molecular complexity index is 1340. The first kappa shape index (κ1) is 24.4. The first-order chi connectivity index (χ1) is 18.1. The number of rotatable bonds is 8. The van der Waals surface area contributed by atoms with E-state index in [0.717, 1.165) is 5.56 Å². The number of amides is 1. The molecule has 3 aromatic rings. The van der Waals surface area contributed by atoms with Gasteiger partial charge in [0.25, 0.3) is 11.7 Å². The summed E-state index contributed by atoms with van der Waals surface area (Å²) in [4.78, 5) is 27.7. The monoisotopic (exact) mass is 501 g/mol. The van der Waals surface area contributed by atoms with Crippen LogP contribution in [0.2, 0.25) is 0 Å². The van der Waals surface area contributed by atoms with Gasteiger partial charge in [-0.1, -0.05) is 42.5 Å². The predicted octanol–water partition coefficient (Wildman–Crippen LogP) is 4.10. The fourth-order valence-electron chi connectivity index (χ4n) is 4.51. The predicted molar refractivity (Wildman–Crippen MR) is 136 cm³/mol. The molecule has 0 radical (unpaired) electrons. The van der Waals surface area contributed by atoms with E-state index in [-0.39, 0.29) is 24.5 Å². The van der Waals surface area contributed by atoms with Crippen LogP contribution in [0, 0.1) is 0 Å². The lowest BCUT2D eigenvalue weighted by Crippen LogP contribution is -2.32. The minimum atomic E-state index is -0.816. The van der Waals surface area contributed by atoms with Crippen molar-refractivity contribution in [1.82, 2.24) is 4.90 Å². The summed E-state index contributed by atoms with van der Waals surface area (Å²) in [6, 6.07) is 21.1. The van der Waals surface area contributed by atoms with Crippen LogP contribution in [0.25, 0.3) is 5.76 Å². The number of aliphatic hydroxyl groups excluding tert-OH is 1. The number of nitrogens with zero attached hydrogens (tertiary/aromatic N) is 1. The summed E-state index contributed by atoms with van der Waals surface area (Å²) in [5.41, 5.74) is 2.01. The van der Waals surface area contributed by atoms with Crippen LogP contribution in [-0.2, 0) is 20.9 Å². The highest BCUT2D eigenvalue weighted by atomic mass is 16.6. The summed E-state index contributed by atoms with van der Waals surface area (Å²) in [6.07, 6.45) is 0. The van der Waals surface area contributed by atoms with Crippen LogP contribution in [0.1, 0.15) is 22.7 Å². The fraction of sp³-hybridized carbons (Fsp3) is 0.241. The SMILES string of the molecule is COCCN1C(=O)C(=O)/C(=C(\O)c2ccc3c(c2)OCCO3)C1c1cccc(OCc2ccccc2)c1. The Hall–Kier alpha value is -4.30. The quantitative estimate of drug-likeness (QED) is 0.282. The van der Waals surface area contributed by atoms with Crippen molar-refractivity contribution in [2.24, 2.45) is 0 Å². The zero-order chi connectivity index (χ0) is 25.8. The van der Waals surface area contributed by atoms with Crippen LogP contribution in [-0.4, -0.2) is 55.2 Å². The van der Waals surface area contributed by atoms with Crippen LogP contribution in [0.3, 0.4) is 0 Å². The number of likely N-dealkylation sites (tertiary alicyclic amines) is 1. The Labute approximate surface area is 214 Å². The maximum absolute atomic E-state index is 13.2. The summed E-state index contributed by atoms with van der Waals surface area (Å²) < 4.78 is 22.4. The van der Waals surface area contributed by atoms with Gasteiger partial charge in [0.2, 0.25) is 0 Å². The summed E-state index contributed by atoms with van der Waals surface area (Å²) >= 11 is 0. The van der Waals surface area contributed by atoms with Crippen molar-refractivity contribution >= 4 is 17.4 Å². The van der Waals surface area contributed by atoms with Crippen LogP contribution in [0.15, 0.2) is 78.4 Å². The molecule has 8 nitrogen and oxygen atoms in total. The number of hydrogen-bond donors (Lipinski definition) is 1. The molecule has 0 bridgehead atoms. The van der Waals surface area contributed by atoms with Crippen LogP contribution < -0.4 is 14.2 Å². The molecule has 1 fully saturated rings. The van der Waals surface area contributed by atoms with E-state index in [0.29, 0.717) is 48.2 Å². The number of Topliss-reactive ketones (excluding diaryl/α,β-unsaturated/α-hetero) is 1. The van der Waals surface area contributed by atoms with Crippen molar-refractivity contribution in [3.8, 4) is 17.2 Å². The summed E-state index contributed by atoms with van der Waals surface area (Å²) in [5, 5.41) is 11.3. The third-order valence-electron chi connectivity index (χ3n) is 6.31. The molecule has 190 valence electrons. The summed E-state index contributed by atoms with van der Waals surface area (Å²) in [6.45, 7) is 1.60. The van der Waals surface area contributed by atoms with E-state index in [1.807, 2.05) is 42.5 Å². The smallest absolute Gasteiger partial charge is 0.295 e. The Morgan fingerprint density at radius 1 is 0.973 bits per heavy atom. The van der Waals surface area contributed by atoms with E-state index >= 15 is 0 Å². The number of ketones is 1. The van der Waals surface area contributed by atoms with Gasteiger partial charge in [0.05, 0.1) is 18.2 Å². The van der Waals surface area contributed by atoms with Crippen molar-refractivity contribution in [2.45, 2.75) is 12.6 Å². The third kappa shape index (κ3) is 5.01. The maximum Gasteiger partial charge on any atom is 0.295 e. The highest BCUT2D eigenvalue weighted by molar-refractivity contribution is 6.46. The van der Waals surface area contributed by atoms with Crippen molar-refractivity contribution in [1.29, 1.82) is 0 Å². The van der Waals surface area contributed by atoms with Gasteiger partial charge in [-0.25, -0.2) is 0 Å². The Balaban J connectivity index is 1.53. The lowest BCUT2D eigenvalue weighted by Gasteiger charge is -2.25. The van der Waals surface area contributed by atoms with E-state index in [4.69, 9.17) is 18.9 Å². The van der Waals surface area contributed by atoms with Gasteiger partial charge in [0.1, 0.15) is 31.3 Å². The zero-order valence-corrected chi connectivity index (χ0v) is 20.4. The second-order valence-corrected chi connectivity index (χ2v) is 8.69. The molecule has 1 unspecified atom stereocenters. The van der Waals surface area contributed by atoms with Gasteiger partial charge in [-0.3, -0.25) is 9.59 Å².